The molecule has 0 aromatic heterocycles. The summed E-state index contributed by atoms with van der Waals surface area (Å²) in [6.07, 6.45) is 1.34. The lowest BCUT2D eigenvalue weighted by atomic mass is 10.0. The smallest absolute Gasteiger partial charge is 0.255 e. The van der Waals surface area contributed by atoms with E-state index in [9.17, 15) is 18.3 Å². The molecule has 0 aliphatic rings. The van der Waals surface area contributed by atoms with Gasteiger partial charge in [0.2, 0.25) is 10.0 Å². The van der Waals surface area contributed by atoms with Crippen molar-refractivity contribution in [3.05, 3.63) is 107 Å². The van der Waals surface area contributed by atoms with Crippen LogP contribution in [0.1, 0.15) is 16.7 Å². The van der Waals surface area contributed by atoms with Gasteiger partial charge in [-0.15, -0.1) is 0 Å². The predicted molar refractivity (Wildman–Crippen MR) is 142 cm³/mol. The van der Waals surface area contributed by atoms with Crippen molar-refractivity contribution < 1.29 is 18.3 Å². The molecule has 0 bridgehead atoms. The van der Waals surface area contributed by atoms with Gasteiger partial charge >= 0.3 is 0 Å². The zero-order chi connectivity index (χ0) is 25.7. The first kappa shape index (κ1) is 25.4. The Kier molecular flexibility index (Phi) is 7.69. The number of carbonyl (C=O) groups is 1. The molecule has 0 heterocycles. The average molecular weight is 522 g/mol. The summed E-state index contributed by atoms with van der Waals surface area (Å²) in [7, 11) is -4.00. The number of nitrogens with one attached hydrogen (secondary N) is 1. The van der Waals surface area contributed by atoms with Crippen LogP contribution < -0.4 is 5.43 Å². The molecule has 0 saturated heterocycles. The molecule has 0 spiro atoms. The minimum Gasteiger partial charge on any atom is -0.507 e. The van der Waals surface area contributed by atoms with E-state index in [1.165, 1.54) is 18.3 Å². The van der Waals surface area contributed by atoms with Gasteiger partial charge in [0.1, 0.15) is 5.75 Å². The molecule has 9 heteroatoms. The second-order valence-electron chi connectivity index (χ2n) is 8.23. The van der Waals surface area contributed by atoms with Crippen molar-refractivity contribution in [1.82, 2.24) is 9.73 Å². The highest BCUT2D eigenvalue weighted by atomic mass is 35.5. The summed E-state index contributed by atoms with van der Waals surface area (Å²) in [5.74, 6) is -0.625. The Hall–Kier alpha value is -3.72. The van der Waals surface area contributed by atoms with E-state index in [4.69, 9.17) is 11.6 Å². The summed E-state index contributed by atoms with van der Waals surface area (Å²) >= 11 is 6.08. The number of hydrogen-bond acceptors (Lipinski definition) is 5. The fourth-order valence-electron chi connectivity index (χ4n) is 3.71. The van der Waals surface area contributed by atoms with Crippen molar-refractivity contribution in [3.63, 3.8) is 0 Å². The number of aryl methyl sites for hydroxylation is 1. The number of carbonyl (C=O) groups excluding carboxylic acids is 1. The van der Waals surface area contributed by atoms with E-state index in [0.29, 0.717) is 16.1 Å². The molecule has 184 valence electrons. The number of nitrogens with zero attached hydrogens (tertiary/aromatic N) is 2. The van der Waals surface area contributed by atoms with E-state index in [0.717, 1.165) is 20.6 Å². The molecule has 4 aromatic rings. The van der Waals surface area contributed by atoms with Gasteiger partial charge in [0.05, 0.1) is 17.7 Å². The van der Waals surface area contributed by atoms with Crippen molar-refractivity contribution in [3.8, 4) is 5.75 Å². The average Bonchev–Trinajstić information content (AvgIpc) is 2.85. The second-order valence-corrected chi connectivity index (χ2v) is 10.6. The summed E-state index contributed by atoms with van der Waals surface area (Å²) in [6.45, 7) is 1.33. The normalized spacial score (nSPS) is 11.9. The molecule has 0 unspecified atom stereocenters. The monoisotopic (exact) mass is 521 g/mol. The lowest BCUT2D eigenvalue weighted by molar-refractivity contribution is -0.121. The van der Waals surface area contributed by atoms with Crippen LogP contribution in [0.5, 0.6) is 5.75 Å². The summed E-state index contributed by atoms with van der Waals surface area (Å²) in [4.78, 5) is 12.8. The first-order valence-electron chi connectivity index (χ1n) is 11.1. The van der Waals surface area contributed by atoms with Crippen molar-refractivity contribution in [2.24, 2.45) is 5.10 Å². The molecular formula is C27H24ClN3O4S. The quantitative estimate of drug-likeness (QED) is 0.256. The third-order valence-corrected chi connectivity index (χ3v) is 7.60. The van der Waals surface area contributed by atoms with Crippen LogP contribution in [0.15, 0.2) is 94.9 Å². The zero-order valence-electron chi connectivity index (χ0n) is 19.4. The maximum absolute atomic E-state index is 13.4. The SMILES string of the molecule is Cc1ccc(S(=O)(=O)N(CC(=O)N/N=C/c2c(O)ccc3ccccc23)Cc2cccc(Cl)c2)cc1. The number of phenolic OH excluding ortho intramolecular Hbond substituents is 1. The molecule has 0 fully saturated rings. The number of hydrazone groups is 1. The summed E-state index contributed by atoms with van der Waals surface area (Å²) in [6, 6.07) is 24.0. The molecule has 0 atom stereocenters. The largest absolute Gasteiger partial charge is 0.507 e. The molecule has 7 nitrogen and oxygen atoms in total. The number of phenols is 1. The molecular weight excluding hydrogens is 498 g/mol. The predicted octanol–water partition coefficient (Wildman–Crippen LogP) is 4.85. The number of benzene rings is 4. The van der Waals surface area contributed by atoms with Gasteiger partial charge in [0.15, 0.2) is 0 Å². The number of rotatable bonds is 8. The van der Waals surface area contributed by atoms with Crippen molar-refractivity contribution >= 4 is 44.5 Å². The molecule has 4 rings (SSSR count). The second kappa shape index (κ2) is 10.9. The Balaban J connectivity index is 1.56. The van der Waals surface area contributed by atoms with Crippen LogP contribution in [0.2, 0.25) is 5.02 Å². The van der Waals surface area contributed by atoms with E-state index in [-0.39, 0.29) is 17.2 Å². The minimum atomic E-state index is -4.00. The van der Waals surface area contributed by atoms with Crippen molar-refractivity contribution in [1.29, 1.82) is 0 Å². The highest BCUT2D eigenvalue weighted by molar-refractivity contribution is 7.89. The molecule has 36 heavy (non-hydrogen) atoms. The molecule has 1 amide bonds. The van der Waals surface area contributed by atoms with Gasteiger partial charge < -0.3 is 5.11 Å². The first-order chi connectivity index (χ1) is 17.2. The number of amides is 1. The highest BCUT2D eigenvalue weighted by Crippen LogP contribution is 2.25. The fraction of sp³-hybridized carbons (Fsp3) is 0.111. The summed E-state index contributed by atoms with van der Waals surface area (Å²) in [5, 5.41) is 16.4. The third-order valence-electron chi connectivity index (χ3n) is 5.56. The Morgan fingerprint density at radius 1 is 1.03 bits per heavy atom. The fourth-order valence-corrected chi connectivity index (χ4v) is 5.31. The Morgan fingerprint density at radius 3 is 2.53 bits per heavy atom. The van der Waals surface area contributed by atoms with Gasteiger partial charge in [-0.25, -0.2) is 13.8 Å². The van der Waals surface area contributed by atoms with E-state index in [1.54, 1.807) is 48.5 Å². The van der Waals surface area contributed by atoms with Crippen LogP contribution in [-0.2, 0) is 21.4 Å². The van der Waals surface area contributed by atoms with Gasteiger partial charge in [0.25, 0.3) is 5.91 Å². The maximum Gasteiger partial charge on any atom is 0.255 e. The van der Waals surface area contributed by atoms with Crippen LogP contribution in [0.25, 0.3) is 10.8 Å². The van der Waals surface area contributed by atoms with Gasteiger partial charge in [-0.3, -0.25) is 4.79 Å². The molecule has 0 aliphatic carbocycles. The van der Waals surface area contributed by atoms with Gasteiger partial charge in [-0.2, -0.15) is 9.41 Å². The number of sulfonamides is 1. The van der Waals surface area contributed by atoms with Crippen LogP contribution in [0.3, 0.4) is 0 Å². The van der Waals surface area contributed by atoms with E-state index >= 15 is 0 Å². The van der Waals surface area contributed by atoms with Crippen LogP contribution in [-0.4, -0.2) is 36.5 Å². The van der Waals surface area contributed by atoms with Crippen LogP contribution in [0, 0.1) is 6.92 Å². The van der Waals surface area contributed by atoms with E-state index < -0.39 is 22.5 Å². The molecule has 0 aliphatic heterocycles. The zero-order valence-corrected chi connectivity index (χ0v) is 21.0. The Labute approximate surface area is 214 Å². The Morgan fingerprint density at radius 2 is 1.78 bits per heavy atom. The first-order valence-corrected chi connectivity index (χ1v) is 12.9. The van der Waals surface area contributed by atoms with Crippen molar-refractivity contribution in [2.45, 2.75) is 18.4 Å². The number of aromatic hydroxyl groups is 1. The number of fused-ring (bicyclic) bond motifs is 1. The number of halogens is 1. The van der Waals surface area contributed by atoms with Crippen LogP contribution >= 0.6 is 11.6 Å². The topological polar surface area (TPSA) is 99.1 Å². The van der Waals surface area contributed by atoms with E-state index in [1.807, 2.05) is 31.2 Å². The molecule has 2 N–H and O–H groups in total. The Bertz CT molecular complexity index is 1540. The van der Waals surface area contributed by atoms with Gasteiger partial charge in [-0.05, 0) is 53.6 Å². The molecule has 0 radical (unpaired) electrons. The molecule has 0 saturated carbocycles. The van der Waals surface area contributed by atoms with Gasteiger partial charge in [0, 0.05) is 17.1 Å². The number of hydrogen-bond donors (Lipinski definition) is 2. The van der Waals surface area contributed by atoms with Crippen LogP contribution in [0.4, 0.5) is 0 Å². The third kappa shape index (κ3) is 5.91. The highest BCUT2D eigenvalue weighted by Gasteiger charge is 2.27. The summed E-state index contributed by atoms with van der Waals surface area (Å²) in [5.41, 5.74) is 4.36. The molecule has 4 aromatic carbocycles. The van der Waals surface area contributed by atoms with E-state index in [2.05, 4.69) is 10.5 Å². The minimum absolute atomic E-state index is 0.0104. The lowest BCUT2D eigenvalue weighted by Crippen LogP contribution is -2.39. The lowest BCUT2D eigenvalue weighted by Gasteiger charge is -2.21. The summed E-state index contributed by atoms with van der Waals surface area (Å²) < 4.78 is 27.9. The standard InChI is InChI=1S/C27H24ClN3O4S/c1-19-9-12-23(13-10-19)36(34,35)31(17-20-5-4-7-22(28)15-20)18-27(33)30-29-16-25-24-8-3-2-6-21(24)11-14-26(25)32/h2-16,32H,17-18H2,1H3,(H,30,33)/b29-16+. The maximum atomic E-state index is 13.4. The van der Waals surface area contributed by atoms with Crippen molar-refractivity contribution in [2.75, 3.05) is 6.54 Å². The van der Waals surface area contributed by atoms with Gasteiger partial charge in [-0.1, -0.05) is 71.8 Å².